The topological polar surface area (TPSA) is 49.7 Å². The number of aliphatic hydroxyl groups excluding tert-OH is 2. The number of hydrogen-bond donors (Lipinski definition) is 2. The molecule has 1 saturated heterocycles. The van der Waals surface area contributed by atoms with Gasteiger partial charge in [-0.3, -0.25) is 0 Å². The number of rotatable bonds is 1. The highest BCUT2D eigenvalue weighted by atomic mass is 79.9. The van der Waals surface area contributed by atoms with Crippen molar-refractivity contribution in [3.63, 3.8) is 0 Å². The Morgan fingerprint density at radius 2 is 2.22 bits per heavy atom. The van der Waals surface area contributed by atoms with Gasteiger partial charge in [0.25, 0.3) is 0 Å². The van der Waals surface area contributed by atoms with Gasteiger partial charge in [0.2, 0.25) is 0 Å². The van der Waals surface area contributed by atoms with E-state index in [0.29, 0.717) is 5.33 Å². The third-order valence-corrected chi connectivity index (χ3v) is 2.05. The fourth-order valence-corrected chi connectivity index (χ4v) is 1.37. The van der Waals surface area contributed by atoms with Crippen molar-refractivity contribution in [1.82, 2.24) is 0 Å². The first kappa shape index (κ1) is 7.47. The van der Waals surface area contributed by atoms with Gasteiger partial charge in [-0.2, -0.15) is 0 Å². The van der Waals surface area contributed by atoms with Crippen LogP contribution in [0.2, 0.25) is 0 Å². The average molecular weight is 197 g/mol. The van der Waals surface area contributed by atoms with Gasteiger partial charge in [0.15, 0.2) is 0 Å². The molecule has 1 rings (SSSR count). The molecule has 0 saturated carbocycles. The summed E-state index contributed by atoms with van der Waals surface area (Å²) >= 11 is 3.15. The van der Waals surface area contributed by atoms with E-state index in [0.717, 1.165) is 0 Å². The Morgan fingerprint density at radius 3 is 2.44 bits per heavy atom. The van der Waals surface area contributed by atoms with Gasteiger partial charge in [-0.15, -0.1) is 0 Å². The summed E-state index contributed by atoms with van der Waals surface area (Å²) in [7, 11) is 0. The van der Waals surface area contributed by atoms with Crippen molar-refractivity contribution in [3.05, 3.63) is 0 Å². The van der Waals surface area contributed by atoms with Gasteiger partial charge >= 0.3 is 0 Å². The lowest BCUT2D eigenvalue weighted by atomic mass is 10.2. The van der Waals surface area contributed by atoms with Crippen LogP contribution in [0.15, 0.2) is 0 Å². The molecular formula is C5H9BrO3. The van der Waals surface area contributed by atoms with Crippen molar-refractivity contribution < 1.29 is 14.9 Å². The molecule has 0 aliphatic carbocycles. The Bertz CT molecular complexity index is 98.2. The van der Waals surface area contributed by atoms with E-state index in [1.807, 2.05) is 0 Å². The van der Waals surface area contributed by atoms with E-state index >= 15 is 0 Å². The predicted octanol–water partition coefficient (Wildman–Crippen LogP) is -0.498. The summed E-state index contributed by atoms with van der Waals surface area (Å²) in [5, 5.41) is 18.5. The summed E-state index contributed by atoms with van der Waals surface area (Å²) < 4.78 is 4.98. The highest BCUT2D eigenvalue weighted by Gasteiger charge is 2.33. The average Bonchev–Trinajstić information content (AvgIpc) is 2.15. The van der Waals surface area contributed by atoms with Crippen LogP contribution in [-0.4, -0.2) is 40.5 Å². The zero-order valence-electron chi connectivity index (χ0n) is 4.83. The first-order valence-electron chi connectivity index (χ1n) is 2.79. The normalized spacial score (nSPS) is 43.7. The molecule has 0 radical (unpaired) electrons. The van der Waals surface area contributed by atoms with E-state index in [1.54, 1.807) is 0 Å². The minimum Gasteiger partial charge on any atom is -0.388 e. The van der Waals surface area contributed by atoms with E-state index in [1.165, 1.54) is 0 Å². The molecule has 0 spiro atoms. The molecular weight excluding hydrogens is 188 g/mol. The van der Waals surface area contributed by atoms with Crippen LogP contribution in [0.4, 0.5) is 0 Å². The lowest BCUT2D eigenvalue weighted by Gasteiger charge is -2.10. The van der Waals surface area contributed by atoms with Crippen LogP contribution in [0.25, 0.3) is 0 Å². The molecule has 1 aliphatic rings. The monoisotopic (exact) mass is 196 g/mol. The molecule has 3 atom stereocenters. The lowest BCUT2D eigenvalue weighted by molar-refractivity contribution is 0.0342. The van der Waals surface area contributed by atoms with Crippen LogP contribution < -0.4 is 0 Å². The molecule has 0 amide bonds. The number of alkyl halides is 1. The van der Waals surface area contributed by atoms with Gasteiger partial charge in [0, 0.05) is 5.33 Å². The van der Waals surface area contributed by atoms with Crippen molar-refractivity contribution in [2.24, 2.45) is 0 Å². The molecule has 3 nitrogen and oxygen atoms in total. The summed E-state index contributed by atoms with van der Waals surface area (Å²) in [6.07, 6.45) is -1.66. The molecule has 0 aromatic carbocycles. The Kier molecular flexibility index (Phi) is 2.46. The molecule has 2 N–H and O–H groups in total. The number of halogens is 1. The molecule has 0 bridgehead atoms. The molecule has 4 heteroatoms. The van der Waals surface area contributed by atoms with Crippen LogP contribution in [0.3, 0.4) is 0 Å². The number of aliphatic hydroxyl groups is 2. The minimum atomic E-state index is -0.718. The zero-order chi connectivity index (χ0) is 6.85. The van der Waals surface area contributed by atoms with Crippen LogP contribution in [0, 0.1) is 0 Å². The highest BCUT2D eigenvalue weighted by Crippen LogP contribution is 2.15. The van der Waals surface area contributed by atoms with Crippen molar-refractivity contribution in [3.8, 4) is 0 Å². The smallest absolute Gasteiger partial charge is 0.109 e. The SMILES string of the molecule is O[C@@H]1[C@H](O)CO[C@H]1CBr. The van der Waals surface area contributed by atoms with Gasteiger partial charge in [-0.05, 0) is 0 Å². The van der Waals surface area contributed by atoms with E-state index in [9.17, 15) is 0 Å². The Morgan fingerprint density at radius 1 is 1.56 bits per heavy atom. The molecule has 1 heterocycles. The van der Waals surface area contributed by atoms with Gasteiger partial charge in [0.05, 0.1) is 12.7 Å². The predicted molar refractivity (Wildman–Crippen MR) is 35.5 cm³/mol. The zero-order valence-corrected chi connectivity index (χ0v) is 6.41. The van der Waals surface area contributed by atoms with E-state index < -0.39 is 12.2 Å². The Balaban J connectivity index is 2.41. The second-order valence-corrected chi connectivity index (χ2v) is 2.73. The van der Waals surface area contributed by atoms with E-state index in [4.69, 9.17) is 14.9 Å². The molecule has 9 heavy (non-hydrogen) atoms. The van der Waals surface area contributed by atoms with Gasteiger partial charge in [0.1, 0.15) is 12.2 Å². The summed E-state index contributed by atoms with van der Waals surface area (Å²) in [6.45, 7) is 0.247. The van der Waals surface area contributed by atoms with Crippen molar-refractivity contribution in [2.75, 3.05) is 11.9 Å². The van der Waals surface area contributed by atoms with Crippen LogP contribution >= 0.6 is 15.9 Å². The highest BCUT2D eigenvalue weighted by molar-refractivity contribution is 9.09. The molecule has 0 aromatic rings. The maximum absolute atomic E-state index is 9.05. The van der Waals surface area contributed by atoms with Crippen molar-refractivity contribution in [1.29, 1.82) is 0 Å². The maximum Gasteiger partial charge on any atom is 0.109 e. The second kappa shape index (κ2) is 2.96. The summed E-state index contributed by atoms with van der Waals surface area (Å²) in [6, 6.07) is 0. The maximum atomic E-state index is 9.05. The van der Waals surface area contributed by atoms with Crippen LogP contribution in [-0.2, 0) is 4.74 Å². The standard InChI is InChI=1S/C5H9BrO3/c6-1-4-5(8)3(7)2-9-4/h3-5,7-8H,1-2H2/t3-,4+,5-/m1/s1. The first-order valence-corrected chi connectivity index (χ1v) is 3.91. The molecule has 1 fully saturated rings. The van der Waals surface area contributed by atoms with Gasteiger partial charge < -0.3 is 14.9 Å². The van der Waals surface area contributed by atoms with E-state index in [2.05, 4.69) is 15.9 Å². The summed E-state index contributed by atoms with van der Waals surface area (Å²) in [5.41, 5.74) is 0. The third kappa shape index (κ3) is 1.43. The van der Waals surface area contributed by atoms with Crippen LogP contribution in [0.5, 0.6) is 0 Å². The molecule has 0 unspecified atom stereocenters. The van der Waals surface area contributed by atoms with Crippen LogP contribution in [0.1, 0.15) is 0 Å². The summed E-state index contributed by atoms with van der Waals surface area (Å²) in [4.78, 5) is 0. The lowest BCUT2D eigenvalue weighted by Crippen LogP contribution is -2.30. The third-order valence-electron chi connectivity index (χ3n) is 1.41. The van der Waals surface area contributed by atoms with Gasteiger partial charge in [-0.25, -0.2) is 0 Å². The molecule has 0 aromatic heterocycles. The largest absolute Gasteiger partial charge is 0.388 e. The number of ether oxygens (including phenoxy) is 1. The Labute approximate surface area is 61.8 Å². The van der Waals surface area contributed by atoms with E-state index in [-0.39, 0.29) is 12.7 Å². The second-order valence-electron chi connectivity index (χ2n) is 2.08. The fourth-order valence-electron chi connectivity index (χ4n) is 0.803. The molecule has 54 valence electrons. The van der Waals surface area contributed by atoms with Crippen molar-refractivity contribution in [2.45, 2.75) is 18.3 Å². The van der Waals surface area contributed by atoms with Crippen molar-refractivity contribution >= 4 is 15.9 Å². The minimum absolute atomic E-state index is 0.236. The summed E-state index contributed by atoms with van der Waals surface area (Å²) in [5.74, 6) is 0. The molecule has 1 aliphatic heterocycles. The quantitative estimate of drug-likeness (QED) is 0.557. The van der Waals surface area contributed by atoms with Gasteiger partial charge in [-0.1, -0.05) is 15.9 Å². The first-order chi connectivity index (χ1) is 4.25. The Hall–Kier alpha value is 0.360. The fraction of sp³-hybridized carbons (Fsp3) is 1.00. The number of hydrogen-bond acceptors (Lipinski definition) is 3.